The number of aromatic nitrogens is 2. The second-order valence-corrected chi connectivity index (χ2v) is 4.40. The minimum Gasteiger partial charge on any atom is -0.490 e. The van der Waals surface area contributed by atoms with Crippen LogP contribution in [0.25, 0.3) is 11.3 Å². The van der Waals surface area contributed by atoms with Crippen LogP contribution in [0.15, 0.2) is 36.4 Å². The molecule has 0 saturated heterocycles. The van der Waals surface area contributed by atoms with Crippen LogP contribution in [0.1, 0.15) is 12.8 Å². The maximum atomic E-state index is 5.77. The van der Waals surface area contributed by atoms with Crippen LogP contribution in [-0.4, -0.2) is 23.3 Å². The monoisotopic (exact) mass is 241 g/mol. The van der Waals surface area contributed by atoms with Crippen molar-refractivity contribution in [3.8, 4) is 17.0 Å². The number of hydrogen-bond acceptors (Lipinski definition) is 4. The minimum atomic E-state index is 0.415. The summed E-state index contributed by atoms with van der Waals surface area (Å²) in [7, 11) is 1.83. The Balaban J connectivity index is 1.84. The molecule has 92 valence electrons. The highest BCUT2D eigenvalue weighted by molar-refractivity contribution is 5.61. The summed E-state index contributed by atoms with van der Waals surface area (Å²) in [6.07, 6.45) is 2.75. The van der Waals surface area contributed by atoms with Crippen molar-refractivity contribution in [2.24, 2.45) is 0 Å². The van der Waals surface area contributed by atoms with Crippen molar-refractivity contribution >= 4 is 5.82 Å². The van der Waals surface area contributed by atoms with Gasteiger partial charge in [-0.1, -0.05) is 12.1 Å². The van der Waals surface area contributed by atoms with Crippen LogP contribution >= 0.6 is 0 Å². The SMILES string of the molecule is CNc1ccc(-c2cccc(OC3CC3)c2)nn1. The van der Waals surface area contributed by atoms with Crippen LogP contribution in [-0.2, 0) is 0 Å². The smallest absolute Gasteiger partial charge is 0.148 e. The molecule has 3 rings (SSSR count). The van der Waals surface area contributed by atoms with Gasteiger partial charge in [-0.25, -0.2) is 0 Å². The van der Waals surface area contributed by atoms with Crippen LogP contribution in [0.4, 0.5) is 5.82 Å². The fourth-order valence-electron chi connectivity index (χ4n) is 1.73. The molecule has 1 aromatic carbocycles. The zero-order valence-corrected chi connectivity index (χ0v) is 10.3. The lowest BCUT2D eigenvalue weighted by Crippen LogP contribution is -1.97. The highest BCUT2D eigenvalue weighted by Gasteiger charge is 2.23. The lowest BCUT2D eigenvalue weighted by Gasteiger charge is -2.06. The first-order valence-electron chi connectivity index (χ1n) is 6.14. The van der Waals surface area contributed by atoms with Gasteiger partial charge in [0, 0.05) is 12.6 Å². The number of nitrogens with one attached hydrogen (secondary N) is 1. The first-order valence-corrected chi connectivity index (χ1v) is 6.14. The van der Waals surface area contributed by atoms with Crippen molar-refractivity contribution in [1.29, 1.82) is 0 Å². The van der Waals surface area contributed by atoms with E-state index in [0.717, 1.165) is 22.8 Å². The summed E-state index contributed by atoms with van der Waals surface area (Å²) >= 11 is 0. The summed E-state index contributed by atoms with van der Waals surface area (Å²) in [6.45, 7) is 0. The molecule has 2 aromatic rings. The van der Waals surface area contributed by atoms with Gasteiger partial charge in [0.05, 0.1) is 11.8 Å². The zero-order valence-electron chi connectivity index (χ0n) is 10.3. The summed E-state index contributed by atoms with van der Waals surface area (Å²) in [5, 5.41) is 11.2. The molecule has 1 aromatic heterocycles. The van der Waals surface area contributed by atoms with Crippen molar-refractivity contribution in [2.75, 3.05) is 12.4 Å². The average Bonchev–Trinajstić information content (AvgIpc) is 3.23. The molecule has 1 aliphatic carbocycles. The van der Waals surface area contributed by atoms with Crippen molar-refractivity contribution in [3.05, 3.63) is 36.4 Å². The molecular weight excluding hydrogens is 226 g/mol. The predicted octanol–water partition coefficient (Wildman–Crippen LogP) is 2.73. The van der Waals surface area contributed by atoms with Gasteiger partial charge in [0.1, 0.15) is 11.6 Å². The topological polar surface area (TPSA) is 47.0 Å². The third-order valence-electron chi connectivity index (χ3n) is 2.88. The molecule has 0 aliphatic heterocycles. The Hall–Kier alpha value is -2.10. The average molecular weight is 241 g/mol. The molecular formula is C14H15N3O. The molecule has 0 bridgehead atoms. The zero-order chi connectivity index (χ0) is 12.4. The van der Waals surface area contributed by atoms with E-state index in [1.165, 1.54) is 12.8 Å². The lowest BCUT2D eigenvalue weighted by molar-refractivity contribution is 0.303. The Morgan fingerprint density at radius 1 is 1.17 bits per heavy atom. The highest BCUT2D eigenvalue weighted by atomic mass is 16.5. The molecule has 1 heterocycles. The molecule has 0 unspecified atom stereocenters. The number of anilines is 1. The normalized spacial score (nSPS) is 14.3. The third-order valence-corrected chi connectivity index (χ3v) is 2.88. The van der Waals surface area contributed by atoms with Crippen molar-refractivity contribution < 1.29 is 4.74 Å². The summed E-state index contributed by atoms with van der Waals surface area (Å²) < 4.78 is 5.77. The van der Waals surface area contributed by atoms with Crippen LogP contribution in [0.2, 0.25) is 0 Å². The molecule has 18 heavy (non-hydrogen) atoms. The van der Waals surface area contributed by atoms with Crippen molar-refractivity contribution in [1.82, 2.24) is 10.2 Å². The van der Waals surface area contributed by atoms with Gasteiger partial charge in [-0.15, -0.1) is 10.2 Å². The van der Waals surface area contributed by atoms with Gasteiger partial charge in [0.2, 0.25) is 0 Å². The predicted molar refractivity (Wildman–Crippen MR) is 70.7 cm³/mol. The van der Waals surface area contributed by atoms with E-state index in [9.17, 15) is 0 Å². The van der Waals surface area contributed by atoms with E-state index in [-0.39, 0.29) is 0 Å². The second-order valence-electron chi connectivity index (χ2n) is 4.40. The summed E-state index contributed by atoms with van der Waals surface area (Å²) in [5.74, 6) is 1.68. The van der Waals surface area contributed by atoms with E-state index in [4.69, 9.17) is 4.74 Å². The molecule has 1 N–H and O–H groups in total. The molecule has 1 aliphatic rings. The van der Waals surface area contributed by atoms with Crippen LogP contribution in [0.5, 0.6) is 5.75 Å². The largest absolute Gasteiger partial charge is 0.490 e. The number of rotatable bonds is 4. The van der Waals surface area contributed by atoms with Crippen LogP contribution < -0.4 is 10.1 Å². The first kappa shape index (κ1) is 11.0. The van der Waals surface area contributed by atoms with Crippen LogP contribution in [0.3, 0.4) is 0 Å². The van der Waals surface area contributed by atoms with Gasteiger partial charge in [0.25, 0.3) is 0 Å². The Morgan fingerprint density at radius 2 is 2.06 bits per heavy atom. The number of hydrogen-bond donors (Lipinski definition) is 1. The van der Waals surface area contributed by atoms with E-state index in [2.05, 4.69) is 15.5 Å². The van der Waals surface area contributed by atoms with Gasteiger partial charge < -0.3 is 10.1 Å². The molecule has 0 atom stereocenters. The van der Waals surface area contributed by atoms with E-state index >= 15 is 0 Å². The Bertz CT molecular complexity index is 535. The highest BCUT2D eigenvalue weighted by Crippen LogP contribution is 2.29. The quantitative estimate of drug-likeness (QED) is 0.894. The summed E-state index contributed by atoms with van der Waals surface area (Å²) in [6, 6.07) is 11.9. The van der Waals surface area contributed by atoms with E-state index in [1.807, 2.05) is 43.4 Å². The van der Waals surface area contributed by atoms with E-state index < -0.39 is 0 Å². The molecule has 0 spiro atoms. The lowest BCUT2D eigenvalue weighted by atomic mass is 10.1. The first-order chi connectivity index (χ1) is 8.85. The van der Waals surface area contributed by atoms with E-state index in [0.29, 0.717) is 6.10 Å². The Labute approximate surface area is 106 Å². The van der Waals surface area contributed by atoms with Gasteiger partial charge >= 0.3 is 0 Å². The maximum absolute atomic E-state index is 5.77. The minimum absolute atomic E-state index is 0.415. The second kappa shape index (κ2) is 4.64. The summed E-state index contributed by atoms with van der Waals surface area (Å²) in [5.41, 5.74) is 1.89. The summed E-state index contributed by atoms with van der Waals surface area (Å²) in [4.78, 5) is 0. The maximum Gasteiger partial charge on any atom is 0.148 e. The molecule has 1 fully saturated rings. The number of ether oxygens (including phenoxy) is 1. The van der Waals surface area contributed by atoms with E-state index in [1.54, 1.807) is 0 Å². The van der Waals surface area contributed by atoms with Gasteiger partial charge in [-0.3, -0.25) is 0 Å². The number of nitrogens with zero attached hydrogens (tertiary/aromatic N) is 2. The molecule has 4 nitrogen and oxygen atoms in total. The van der Waals surface area contributed by atoms with Crippen LogP contribution in [0, 0.1) is 0 Å². The Kier molecular flexibility index (Phi) is 2.84. The molecule has 0 amide bonds. The third kappa shape index (κ3) is 2.42. The van der Waals surface area contributed by atoms with Gasteiger partial charge in [0.15, 0.2) is 0 Å². The molecule has 1 saturated carbocycles. The fraction of sp³-hybridized carbons (Fsp3) is 0.286. The van der Waals surface area contributed by atoms with Gasteiger partial charge in [-0.2, -0.15) is 0 Å². The standard InChI is InChI=1S/C14H15N3O/c1-15-14-8-7-13(16-17-14)10-3-2-4-12(9-10)18-11-5-6-11/h2-4,7-9,11H,5-6H2,1H3,(H,15,17). The molecule has 4 heteroatoms. The van der Waals surface area contributed by atoms with Crippen molar-refractivity contribution in [3.63, 3.8) is 0 Å². The Morgan fingerprint density at radius 3 is 2.72 bits per heavy atom. The van der Waals surface area contributed by atoms with Crippen molar-refractivity contribution in [2.45, 2.75) is 18.9 Å². The van der Waals surface area contributed by atoms with Gasteiger partial charge in [-0.05, 0) is 37.1 Å². The number of benzene rings is 1. The fourth-order valence-corrected chi connectivity index (χ4v) is 1.73. The molecule has 0 radical (unpaired) electrons.